The molecule has 0 saturated carbocycles. The van der Waals surface area contributed by atoms with Crippen LogP contribution in [0.1, 0.15) is 27.0 Å². The van der Waals surface area contributed by atoms with Crippen LogP contribution in [0.15, 0.2) is 30.8 Å². The number of carbonyl (C=O) groups is 1. The van der Waals surface area contributed by atoms with Gasteiger partial charge in [0.05, 0.1) is 14.2 Å². The number of benzene rings is 2. The summed E-state index contributed by atoms with van der Waals surface area (Å²) in [6.45, 7) is 5.16. The maximum atomic E-state index is 13.6. The lowest BCUT2D eigenvalue weighted by atomic mass is 9.77. The maximum Gasteiger partial charge on any atom is 0.231 e. The highest BCUT2D eigenvalue weighted by atomic mass is 16.7. The summed E-state index contributed by atoms with van der Waals surface area (Å²) in [6, 6.07) is 7.41. The number of hydrogen-bond acceptors (Lipinski definition) is 6. The fraction of sp³-hybridized carbons (Fsp3) is 0.286. The van der Waals surface area contributed by atoms with Crippen LogP contribution in [0.25, 0.3) is 5.57 Å². The van der Waals surface area contributed by atoms with Crippen molar-refractivity contribution in [3.05, 3.63) is 53.1 Å². The van der Waals surface area contributed by atoms with Gasteiger partial charge in [0.15, 0.2) is 28.8 Å². The quantitative estimate of drug-likeness (QED) is 0.883. The largest absolute Gasteiger partial charge is 0.493 e. The highest BCUT2D eigenvalue weighted by Crippen LogP contribution is 2.54. The molecule has 138 valence electrons. The first-order valence-electron chi connectivity index (χ1n) is 8.79. The number of methoxy groups -OCH3 is 2. The lowest BCUT2D eigenvalue weighted by Crippen LogP contribution is -2.51. The van der Waals surface area contributed by atoms with Crippen molar-refractivity contribution in [1.29, 1.82) is 0 Å². The lowest BCUT2D eigenvalue weighted by Gasteiger charge is -2.37. The van der Waals surface area contributed by atoms with Crippen molar-refractivity contribution in [1.82, 2.24) is 5.32 Å². The summed E-state index contributed by atoms with van der Waals surface area (Å²) in [7, 11) is 3.15. The molecule has 2 heterocycles. The minimum atomic E-state index is -1.03. The molecular weight excluding hydrogens is 346 g/mol. The predicted octanol–water partition coefficient (Wildman–Crippen LogP) is 2.68. The standard InChI is InChI=1S/C21H19NO5/c1-11-18-13(4-5-15(24-2)19(18)25-3)20(23)21(11)14-9-17-16(26-10-27-17)8-12(14)6-7-22-21/h4-5,8-9,22H,1,6-7,10H2,2-3H3. The highest BCUT2D eigenvalue weighted by molar-refractivity contribution is 6.21. The van der Waals surface area contributed by atoms with Gasteiger partial charge in [-0.25, -0.2) is 0 Å². The van der Waals surface area contributed by atoms with E-state index in [0.717, 1.165) is 23.3 Å². The average molecular weight is 365 g/mol. The van der Waals surface area contributed by atoms with Crippen molar-refractivity contribution in [2.75, 3.05) is 27.6 Å². The minimum absolute atomic E-state index is 0.0386. The van der Waals surface area contributed by atoms with E-state index in [-0.39, 0.29) is 12.6 Å². The predicted molar refractivity (Wildman–Crippen MR) is 98.9 cm³/mol. The molecule has 2 aromatic carbocycles. The van der Waals surface area contributed by atoms with Gasteiger partial charge < -0.3 is 18.9 Å². The molecule has 1 unspecified atom stereocenters. The number of rotatable bonds is 2. The van der Waals surface area contributed by atoms with Gasteiger partial charge in [-0.05, 0) is 47.4 Å². The van der Waals surface area contributed by atoms with Gasteiger partial charge in [-0.1, -0.05) is 6.58 Å². The summed E-state index contributed by atoms with van der Waals surface area (Å²) >= 11 is 0. The SMILES string of the molecule is C=C1c2c(ccc(OC)c2OC)C(=O)C12NCCc1cc3c(cc12)OCO3. The second-order valence-electron chi connectivity index (χ2n) is 6.82. The molecule has 2 aromatic rings. The Bertz CT molecular complexity index is 1010. The number of ether oxygens (including phenoxy) is 4. The van der Waals surface area contributed by atoms with E-state index < -0.39 is 5.54 Å². The van der Waals surface area contributed by atoms with Crippen LogP contribution in [0.5, 0.6) is 23.0 Å². The van der Waals surface area contributed by atoms with Gasteiger partial charge >= 0.3 is 0 Å². The third-order valence-corrected chi connectivity index (χ3v) is 5.67. The molecule has 2 aliphatic heterocycles. The van der Waals surface area contributed by atoms with Gasteiger partial charge in [-0.15, -0.1) is 0 Å². The first-order valence-corrected chi connectivity index (χ1v) is 8.79. The van der Waals surface area contributed by atoms with Crippen LogP contribution in [-0.2, 0) is 12.0 Å². The topological polar surface area (TPSA) is 66.0 Å². The summed E-state index contributed by atoms with van der Waals surface area (Å²) in [6.07, 6.45) is 0.797. The first-order chi connectivity index (χ1) is 13.1. The molecule has 3 aliphatic rings. The monoisotopic (exact) mass is 365 g/mol. The Morgan fingerprint density at radius 2 is 1.93 bits per heavy atom. The van der Waals surface area contributed by atoms with Crippen molar-refractivity contribution in [2.24, 2.45) is 0 Å². The average Bonchev–Trinajstić information content (AvgIpc) is 3.23. The van der Waals surface area contributed by atoms with Crippen molar-refractivity contribution in [2.45, 2.75) is 12.0 Å². The van der Waals surface area contributed by atoms with E-state index in [1.807, 2.05) is 12.1 Å². The van der Waals surface area contributed by atoms with Crippen molar-refractivity contribution >= 4 is 11.4 Å². The van der Waals surface area contributed by atoms with E-state index in [1.54, 1.807) is 26.4 Å². The smallest absolute Gasteiger partial charge is 0.231 e. The fourth-order valence-electron chi connectivity index (χ4n) is 4.43. The summed E-state index contributed by atoms with van der Waals surface area (Å²) in [5, 5.41) is 3.44. The molecule has 6 nitrogen and oxygen atoms in total. The molecule has 1 spiro atoms. The van der Waals surface area contributed by atoms with Gasteiger partial charge in [-0.3, -0.25) is 10.1 Å². The molecule has 0 bridgehead atoms. The fourth-order valence-corrected chi connectivity index (χ4v) is 4.43. The van der Waals surface area contributed by atoms with Crippen LogP contribution in [0.2, 0.25) is 0 Å². The summed E-state index contributed by atoms with van der Waals surface area (Å²) < 4.78 is 22.1. The molecule has 1 aliphatic carbocycles. The van der Waals surface area contributed by atoms with E-state index in [1.165, 1.54) is 0 Å². The molecular formula is C21H19NO5. The number of hydrogen-bond donors (Lipinski definition) is 1. The zero-order valence-corrected chi connectivity index (χ0v) is 15.2. The number of Topliss-reactive ketones (excluding diaryl/α,β-unsaturated/α-hetero) is 1. The minimum Gasteiger partial charge on any atom is -0.493 e. The number of carbonyl (C=O) groups excluding carboxylic acids is 1. The first kappa shape index (κ1) is 16.2. The molecule has 0 fully saturated rings. The van der Waals surface area contributed by atoms with Crippen LogP contribution in [0.3, 0.4) is 0 Å². The van der Waals surface area contributed by atoms with Gasteiger partial charge in [0.25, 0.3) is 0 Å². The zero-order valence-electron chi connectivity index (χ0n) is 15.2. The Labute approximate surface area is 156 Å². The molecule has 0 amide bonds. The Balaban J connectivity index is 1.76. The molecule has 6 heteroatoms. The Morgan fingerprint density at radius 3 is 2.67 bits per heavy atom. The lowest BCUT2D eigenvalue weighted by molar-refractivity contribution is 0.0904. The normalized spacial score (nSPS) is 22.0. The molecule has 1 N–H and O–H groups in total. The van der Waals surface area contributed by atoms with Gasteiger partial charge in [0, 0.05) is 17.7 Å². The van der Waals surface area contributed by atoms with Crippen molar-refractivity contribution in [3.8, 4) is 23.0 Å². The Hall–Kier alpha value is -2.99. The molecule has 0 aromatic heterocycles. The summed E-state index contributed by atoms with van der Waals surface area (Å²) in [4.78, 5) is 13.6. The zero-order chi connectivity index (χ0) is 18.8. The molecule has 0 radical (unpaired) electrons. The van der Waals surface area contributed by atoms with E-state index in [2.05, 4.69) is 11.9 Å². The van der Waals surface area contributed by atoms with E-state index >= 15 is 0 Å². The molecule has 27 heavy (non-hydrogen) atoms. The van der Waals surface area contributed by atoms with Crippen molar-refractivity contribution in [3.63, 3.8) is 0 Å². The van der Waals surface area contributed by atoms with Crippen LogP contribution in [0, 0.1) is 0 Å². The third-order valence-electron chi connectivity index (χ3n) is 5.67. The van der Waals surface area contributed by atoms with Gasteiger partial charge in [0.1, 0.15) is 5.54 Å². The molecule has 1 atom stereocenters. The molecule has 0 saturated heterocycles. The maximum absolute atomic E-state index is 13.6. The highest BCUT2D eigenvalue weighted by Gasteiger charge is 2.53. The number of ketones is 1. The summed E-state index contributed by atoms with van der Waals surface area (Å²) in [5.74, 6) is 2.43. The van der Waals surface area contributed by atoms with Crippen LogP contribution in [0.4, 0.5) is 0 Å². The Morgan fingerprint density at radius 1 is 1.15 bits per heavy atom. The van der Waals surface area contributed by atoms with Crippen molar-refractivity contribution < 1.29 is 23.7 Å². The van der Waals surface area contributed by atoms with Crippen LogP contribution < -0.4 is 24.3 Å². The van der Waals surface area contributed by atoms with Crippen LogP contribution >= 0.6 is 0 Å². The van der Waals surface area contributed by atoms with Gasteiger partial charge in [0.2, 0.25) is 6.79 Å². The Kier molecular flexibility index (Phi) is 3.30. The van der Waals surface area contributed by atoms with E-state index in [4.69, 9.17) is 18.9 Å². The number of nitrogens with one attached hydrogen (secondary N) is 1. The molecule has 5 rings (SSSR count). The second kappa shape index (κ2) is 5.50. The third kappa shape index (κ3) is 1.91. The summed E-state index contributed by atoms with van der Waals surface area (Å²) in [5.41, 5.74) is 2.83. The van der Waals surface area contributed by atoms with Gasteiger partial charge in [-0.2, -0.15) is 0 Å². The van der Waals surface area contributed by atoms with E-state index in [0.29, 0.717) is 40.5 Å². The number of fused-ring (bicyclic) bond motifs is 4. The van der Waals surface area contributed by atoms with E-state index in [9.17, 15) is 4.79 Å². The van der Waals surface area contributed by atoms with Crippen LogP contribution in [-0.4, -0.2) is 33.3 Å². The second-order valence-corrected chi connectivity index (χ2v) is 6.82.